The van der Waals surface area contributed by atoms with Crippen molar-refractivity contribution in [2.24, 2.45) is 11.8 Å². The number of carbonyl (C=O) groups excluding carboxylic acids is 6. The number of ketones is 2. The van der Waals surface area contributed by atoms with Crippen molar-refractivity contribution < 1.29 is 58.0 Å². The molecule has 0 aromatic heterocycles. The summed E-state index contributed by atoms with van der Waals surface area (Å²) < 4.78 is 10.2. The minimum Gasteiger partial charge on any atom is -0.480 e. The normalized spacial score (nSPS) is 12.4. The predicted octanol–water partition coefficient (Wildman–Crippen LogP) is 7.19. The average Bonchev–Trinajstić information content (AvgIpc) is 3.31. The summed E-state index contributed by atoms with van der Waals surface area (Å²) in [6.07, 6.45) is 0.485. The molecule has 0 saturated heterocycles. The summed E-state index contributed by atoms with van der Waals surface area (Å²) in [5, 5.41) is 24.0. The van der Waals surface area contributed by atoms with Crippen LogP contribution in [0.15, 0.2) is 121 Å². The molecule has 0 heterocycles. The van der Waals surface area contributed by atoms with Crippen LogP contribution >= 0.6 is 43.2 Å². The molecule has 4 aromatic carbocycles. The van der Waals surface area contributed by atoms with Crippen LogP contribution in [0.25, 0.3) is 0 Å². The van der Waals surface area contributed by atoms with E-state index in [9.17, 15) is 48.6 Å². The van der Waals surface area contributed by atoms with E-state index < -0.39 is 47.8 Å². The highest BCUT2D eigenvalue weighted by Gasteiger charge is 2.27. The Hall–Kier alpha value is -5.56. The molecule has 4 rings (SSSR count). The van der Waals surface area contributed by atoms with Gasteiger partial charge in [0.1, 0.15) is 17.9 Å². The van der Waals surface area contributed by atoms with E-state index in [1.807, 2.05) is 72.8 Å². The van der Waals surface area contributed by atoms with Crippen molar-refractivity contribution >= 4 is 90.4 Å². The van der Waals surface area contributed by atoms with Crippen LogP contribution in [-0.2, 0) is 62.3 Å². The van der Waals surface area contributed by atoms with Crippen molar-refractivity contribution in [3.05, 3.63) is 144 Å². The van der Waals surface area contributed by atoms with Crippen LogP contribution in [0.5, 0.6) is 0 Å². The number of carboxylic acids is 2. The number of hydrogen-bond donors (Lipinski definition) is 4. The largest absolute Gasteiger partial charge is 0.480 e. The summed E-state index contributed by atoms with van der Waals surface area (Å²) in [7, 11) is 5.03. The van der Waals surface area contributed by atoms with Gasteiger partial charge in [-0.25, -0.2) is 9.59 Å². The summed E-state index contributed by atoms with van der Waals surface area (Å²) in [5.74, 6) is -4.59. The summed E-state index contributed by atoms with van der Waals surface area (Å²) >= 11 is 0. The van der Waals surface area contributed by atoms with Gasteiger partial charge in [-0.3, -0.25) is 28.8 Å². The predicted molar refractivity (Wildman–Crippen MR) is 265 cm³/mol. The molecule has 18 heteroatoms. The van der Waals surface area contributed by atoms with Crippen molar-refractivity contribution in [2.75, 3.05) is 36.2 Å². The Morgan fingerprint density at radius 3 is 1.19 bits per heavy atom. The summed E-state index contributed by atoms with van der Waals surface area (Å²) in [6, 6.07) is 34.0. The number of esters is 2. The van der Waals surface area contributed by atoms with E-state index in [1.165, 1.54) is 43.2 Å². The van der Waals surface area contributed by atoms with Gasteiger partial charge < -0.3 is 30.3 Å². The Morgan fingerprint density at radius 1 is 0.478 bits per heavy atom. The number of nitrogens with one attached hydrogen (secondary N) is 2. The molecule has 14 nitrogen and oxygen atoms in total. The first-order valence-corrected chi connectivity index (χ1v) is 26.3. The number of rotatable bonds is 29. The summed E-state index contributed by atoms with van der Waals surface area (Å²) in [4.78, 5) is 97.2. The van der Waals surface area contributed by atoms with Crippen molar-refractivity contribution in [2.45, 2.75) is 58.0 Å². The van der Waals surface area contributed by atoms with Crippen LogP contribution < -0.4 is 10.6 Å². The Balaban J connectivity index is 0.000000355. The van der Waals surface area contributed by atoms with Gasteiger partial charge in [0.15, 0.2) is 5.78 Å². The van der Waals surface area contributed by atoms with Gasteiger partial charge in [-0.1, -0.05) is 165 Å². The van der Waals surface area contributed by atoms with Gasteiger partial charge in [0.25, 0.3) is 0 Å². The minimum absolute atomic E-state index is 0.00653. The quantitative estimate of drug-likeness (QED) is 0.0183. The highest BCUT2D eigenvalue weighted by atomic mass is 33.1. The lowest BCUT2D eigenvalue weighted by molar-refractivity contribution is -0.148. The highest BCUT2D eigenvalue weighted by molar-refractivity contribution is 8.77. The Morgan fingerprint density at radius 2 is 0.821 bits per heavy atom. The van der Waals surface area contributed by atoms with E-state index in [1.54, 1.807) is 62.4 Å². The number of ether oxygens (including phenoxy) is 2. The standard InChI is InChI=1S/C25H29NO6S2.C24H27NO6S2/c1-2-32-25(31)20(15-21(27)13-18-9-5-3-6-10-18)16-33-34-17-22(24(29)30)26-23(28)14-19-11-7-4-8-12-19;1-2-31-24(30)19(14-21(26)18-11-7-4-8-12-18)15-32-33-16-20(23(28)29)25-22(27)13-17-9-5-3-6-10-17/h3-12,20,22H,2,13-17H2,1H3,(H,26,28)(H,29,30);3-12,19-20H,2,13-16H2,1H3,(H,25,27)(H,28,29). The van der Waals surface area contributed by atoms with Crippen molar-refractivity contribution in [3.63, 3.8) is 0 Å². The molecule has 4 N–H and O–H groups in total. The van der Waals surface area contributed by atoms with Gasteiger partial charge >= 0.3 is 23.9 Å². The number of hydrogen-bond acceptors (Lipinski definition) is 14. The van der Waals surface area contributed by atoms with Crippen molar-refractivity contribution in [1.82, 2.24) is 10.6 Å². The molecular weight excluding hydrogens is 937 g/mol. The van der Waals surface area contributed by atoms with E-state index in [4.69, 9.17) is 9.47 Å². The molecule has 4 atom stereocenters. The van der Waals surface area contributed by atoms with Gasteiger partial charge in [-0.05, 0) is 30.5 Å². The monoisotopic (exact) mass is 992 g/mol. The molecule has 0 radical (unpaired) electrons. The molecule has 0 bridgehead atoms. The number of benzene rings is 4. The molecule has 2 amide bonds. The molecule has 0 aliphatic heterocycles. The number of carboxylic acid groups (broad SMARTS) is 2. The third kappa shape index (κ3) is 23.1. The molecule has 358 valence electrons. The van der Waals surface area contributed by atoms with E-state index >= 15 is 0 Å². The van der Waals surface area contributed by atoms with Gasteiger partial charge in [0.2, 0.25) is 11.8 Å². The first-order chi connectivity index (χ1) is 32.3. The lowest BCUT2D eigenvalue weighted by atomic mass is 10.00. The molecule has 0 saturated carbocycles. The maximum absolute atomic E-state index is 12.5. The van der Waals surface area contributed by atoms with E-state index in [0.717, 1.165) is 16.7 Å². The van der Waals surface area contributed by atoms with Gasteiger partial charge in [0, 0.05) is 47.8 Å². The molecule has 67 heavy (non-hydrogen) atoms. The molecule has 4 unspecified atom stereocenters. The zero-order valence-corrected chi connectivity index (χ0v) is 40.5. The van der Waals surface area contributed by atoms with Gasteiger partial charge in [-0.15, -0.1) is 0 Å². The molecule has 0 aliphatic rings. The Bertz CT molecular complexity index is 2170. The van der Waals surface area contributed by atoms with Crippen LogP contribution in [0.2, 0.25) is 0 Å². The van der Waals surface area contributed by atoms with E-state index in [2.05, 4.69) is 10.6 Å². The molecular formula is C49H56N2O12S4. The second-order valence-electron chi connectivity index (χ2n) is 14.7. The van der Waals surface area contributed by atoms with Crippen LogP contribution in [0.3, 0.4) is 0 Å². The second kappa shape index (κ2) is 32.2. The Labute approximate surface area is 406 Å². The fourth-order valence-electron chi connectivity index (χ4n) is 5.97. The highest BCUT2D eigenvalue weighted by Crippen LogP contribution is 2.29. The molecule has 0 aliphatic carbocycles. The maximum Gasteiger partial charge on any atom is 0.327 e. The zero-order valence-electron chi connectivity index (χ0n) is 37.2. The first-order valence-electron chi connectivity index (χ1n) is 21.4. The minimum atomic E-state index is -1.13. The number of aliphatic carboxylic acids is 2. The van der Waals surface area contributed by atoms with Crippen LogP contribution in [0, 0.1) is 11.8 Å². The third-order valence-corrected chi connectivity index (χ3v) is 14.3. The second-order valence-corrected chi connectivity index (χ2v) is 19.8. The van der Waals surface area contributed by atoms with E-state index in [0.29, 0.717) is 11.3 Å². The molecule has 4 aromatic rings. The fraction of sp³-hybridized carbons (Fsp3) is 0.347. The van der Waals surface area contributed by atoms with Crippen LogP contribution in [0.1, 0.15) is 53.7 Å². The lowest BCUT2D eigenvalue weighted by Gasteiger charge is -2.16. The smallest absolute Gasteiger partial charge is 0.327 e. The summed E-state index contributed by atoms with van der Waals surface area (Å²) in [5.41, 5.74) is 2.99. The lowest BCUT2D eigenvalue weighted by Crippen LogP contribution is -2.43. The van der Waals surface area contributed by atoms with Crippen molar-refractivity contribution in [1.29, 1.82) is 0 Å². The topological polar surface area (TPSA) is 220 Å². The first kappa shape index (κ1) is 55.8. The summed E-state index contributed by atoms with van der Waals surface area (Å²) in [6.45, 7) is 3.83. The third-order valence-electron chi connectivity index (χ3n) is 9.34. The van der Waals surface area contributed by atoms with E-state index in [-0.39, 0.29) is 86.0 Å². The SMILES string of the molecule is CCOC(=O)C(CSSCC(NC(=O)Cc1ccccc1)C(=O)O)CC(=O)Cc1ccccc1.CCOC(=O)C(CSSCC(NC(=O)Cc1ccccc1)C(=O)O)CC(=O)c1ccccc1. The van der Waals surface area contributed by atoms with Crippen LogP contribution in [-0.4, -0.2) is 106 Å². The Kier molecular flexibility index (Phi) is 26.8. The zero-order chi connectivity index (χ0) is 48.8. The number of Topliss-reactive ketones (excluding diaryl/α,β-unsaturated/α-hetero) is 2. The maximum atomic E-state index is 12.5. The fourth-order valence-corrected chi connectivity index (χ4v) is 10.9. The number of carbonyl (C=O) groups is 8. The van der Waals surface area contributed by atoms with Crippen molar-refractivity contribution in [3.8, 4) is 0 Å². The number of amides is 2. The van der Waals surface area contributed by atoms with Gasteiger partial charge in [-0.2, -0.15) is 0 Å². The molecule has 0 spiro atoms. The average molecular weight is 993 g/mol. The molecule has 0 fully saturated rings. The van der Waals surface area contributed by atoms with Crippen LogP contribution in [0.4, 0.5) is 0 Å². The van der Waals surface area contributed by atoms with Gasteiger partial charge in [0.05, 0.1) is 37.9 Å².